The molecule has 2 aromatic rings. The highest BCUT2D eigenvalue weighted by Crippen LogP contribution is 2.21. The Labute approximate surface area is 116 Å². The summed E-state index contributed by atoms with van der Waals surface area (Å²) in [6.45, 7) is 2.77. The Morgan fingerprint density at radius 2 is 2.26 bits per heavy atom. The molecule has 0 aliphatic carbocycles. The quantitative estimate of drug-likeness (QED) is 0.883. The van der Waals surface area contributed by atoms with Gasteiger partial charge in [-0.2, -0.15) is 0 Å². The minimum Gasteiger partial charge on any atom is -0.487 e. The highest BCUT2D eigenvalue weighted by Gasteiger charge is 2.06. The largest absolute Gasteiger partial charge is 0.487 e. The number of nitrogens with zero attached hydrogens (tertiary/aromatic N) is 1. The first kappa shape index (κ1) is 14.0. The number of nitrogens with two attached hydrogens (primary N) is 1. The molecule has 0 spiro atoms. The van der Waals surface area contributed by atoms with Crippen LogP contribution in [0.3, 0.4) is 0 Å². The lowest BCUT2D eigenvalue weighted by molar-refractivity contribution is 0.298. The molecule has 0 unspecified atom stereocenters. The summed E-state index contributed by atoms with van der Waals surface area (Å²) in [5.41, 5.74) is 7.15. The summed E-state index contributed by atoms with van der Waals surface area (Å²) in [6.07, 6.45) is 2.08. The number of halogens is 1. The van der Waals surface area contributed by atoms with E-state index in [1.165, 1.54) is 12.1 Å². The third kappa shape index (κ3) is 3.75. The van der Waals surface area contributed by atoms with E-state index in [0.717, 1.165) is 23.5 Å². The lowest BCUT2D eigenvalue weighted by Gasteiger charge is -2.09. The van der Waals surface area contributed by atoms with Crippen molar-refractivity contribution in [2.45, 2.75) is 32.9 Å². The average molecular weight is 280 g/mol. The van der Waals surface area contributed by atoms with Crippen LogP contribution in [0.25, 0.3) is 0 Å². The van der Waals surface area contributed by atoms with Crippen LogP contribution in [0, 0.1) is 5.82 Å². The van der Waals surface area contributed by atoms with E-state index in [1.54, 1.807) is 17.4 Å². The summed E-state index contributed by atoms with van der Waals surface area (Å²) in [7, 11) is 0. The Kier molecular flexibility index (Phi) is 4.87. The average Bonchev–Trinajstić information content (AvgIpc) is 2.85. The standard InChI is InChI=1S/C14H17FN2OS/c1-2-3-14-17-12(9-19-14)8-18-13-5-4-11(15)6-10(13)7-16/h4-6,9H,2-3,7-8,16H2,1H3. The number of ether oxygens (including phenoxy) is 1. The van der Waals surface area contributed by atoms with Gasteiger partial charge in [0.25, 0.3) is 0 Å². The molecule has 2 rings (SSSR count). The molecule has 0 fully saturated rings. The third-order valence-corrected chi connectivity index (χ3v) is 3.64. The van der Waals surface area contributed by atoms with Crippen LogP contribution in [0.15, 0.2) is 23.6 Å². The van der Waals surface area contributed by atoms with Crippen LogP contribution in [-0.2, 0) is 19.6 Å². The number of aromatic nitrogens is 1. The van der Waals surface area contributed by atoms with Crippen molar-refractivity contribution in [2.75, 3.05) is 0 Å². The fraction of sp³-hybridized carbons (Fsp3) is 0.357. The van der Waals surface area contributed by atoms with Crippen molar-refractivity contribution < 1.29 is 9.13 Å². The molecule has 1 heterocycles. The van der Waals surface area contributed by atoms with Gasteiger partial charge in [0.05, 0.1) is 10.7 Å². The third-order valence-electron chi connectivity index (χ3n) is 2.68. The molecule has 0 amide bonds. The number of rotatable bonds is 6. The SMILES string of the molecule is CCCc1nc(COc2ccc(F)cc2CN)cs1. The van der Waals surface area contributed by atoms with Gasteiger partial charge in [-0.05, 0) is 31.0 Å². The minimum absolute atomic E-state index is 0.255. The molecule has 0 saturated heterocycles. The van der Waals surface area contributed by atoms with E-state index in [2.05, 4.69) is 11.9 Å². The molecule has 0 atom stereocenters. The Morgan fingerprint density at radius 3 is 3.00 bits per heavy atom. The van der Waals surface area contributed by atoms with Gasteiger partial charge in [0.2, 0.25) is 0 Å². The Bertz CT molecular complexity index is 542. The second-order valence-electron chi connectivity index (χ2n) is 4.23. The van der Waals surface area contributed by atoms with Gasteiger partial charge in [-0.25, -0.2) is 9.37 Å². The minimum atomic E-state index is -0.299. The maximum atomic E-state index is 13.1. The molecule has 1 aromatic heterocycles. The summed E-state index contributed by atoms with van der Waals surface area (Å²) < 4.78 is 18.7. The van der Waals surface area contributed by atoms with Crippen molar-refractivity contribution >= 4 is 11.3 Å². The Balaban J connectivity index is 2.01. The van der Waals surface area contributed by atoms with E-state index in [-0.39, 0.29) is 12.4 Å². The second kappa shape index (κ2) is 6.63. The summed E-state index contributed by atoms with van der Waals surface area (Å²) in [6, 6.07) is 4.38. The van der Waals surface area contributed by atoms with E-state index in [4.69, 9.17) is 10.5 Å². The summed E-state index contributed by atoms with van der Waals surface area (Å²) in [5, 5.41) is 3.12. The van der Waals surface area contributed by atoms with Gasteiger partial charge in [-0.15, -0.1) is 11.3 Å². The molecule has 1 aromatic carbocycles. The van der Waals surface area contributed by atoms with Crippen molar-refractivity contribution in [3.05, 3.63) is 45.7 Å². The van der Waals surface area contributed by atoms with E-state index in [9.17, 15) is 4.39 Å². The van der Waals surface area contributed by atoms with Gasteiger partial charge < -0.3 is 10.5 Å². The van der Waals surface area contributed by atoms with E-state index in [0.29, 0.717) is 17.9 Å². The number of benzene rings is 1. The summed E-state index contributed by atoms with van der Waals surface area (Å²) >= 11 is 1.65. The van der Waals surface area contributed by atoms with Crippen molar-refractivity contribution in [3.8, 4) is 5.75 Å². The normalized spacial score (nSPS) is 10.7. The first-order chi connectivity index (χ1) is 9.22. The molecule has 0 radical (unpaired) electrons. The van der Waals surface area contributed by atoms with Crippen LogP contribution < -0.4 is 10.5 Å². The van der Waals surface area contributed by atoms with Crippen LogP contribution in [-0.4, -0.2) is 4.98 Å². The number of hydrogen-bond donors (Lipinski definition) is 1. The molecular formula is C14H17FN2OS. The fourth-order valence-electron chi connectivity index (χ4n) is 1.74. The highest BCUT2D eigenvalue weighted by atomic mass is 32.1. The van der Waals surface area contributed by atoms with Crippen molar-refractivity contribution in [1.82, 2.24) is 4.98 Å². The molecule has 3 nitrogen and oxygen atoms in total. The number of thiazole rings is 1. The molecule has 102 valence electrons. The van der Waals surface area contributed by atoms with Crippen molar-refractivity contribution in [2.24, 2.45) is 5.73 Å². The van der Waals surface area contributed by atoms with Gasteiger partial charge in [0, 0.05) is 17.5 Å². The molecule has 0 saturated carbocycles. The van der Waals surface area contributed by atoms with Crippen LogP contribution >= 0.6 is 11.3 Å². The summed E-state index contributed by atoms with van der Waals surface area (Å²) in [4.78, 5) is 4.48. The maximum absolute atomic E-state index is 13.1. The Hall–Kier alpha value is -1.46. The monoisotopic (exact) mass is 280 g/mol. The molecule has 19 heavy (non-hydrogen) atoms. The van der Waals surface area contributed by atoms with Gasteiger partial charge in [-0.1, -0.05) is 6.92 Å². The number of aryl methyl sites for hydroxylation is 1. The van der Waals surface area contributed by atoms with Crippen molar-refractivity contribution in [3.63, 3.8) is 0 Å². The summed E-state index contributed by atoms with van der Waals surface area (Å²) in [5.74, 6) is 0.320. The fourth-order valence-corrected chi connectivity index (χ4v) is 2.63. The lowest BCUT2D eigenvalue weighted by Crippen LogP contribution is -2.03. The predicted molar refractivity (Wildman–Crippen MR) is 74.7 cm³/mol. The van der Waals surface area contributed by atoms with Crippen molar-refractivity contribution in [1.29, 1.82) is 0 Å². The smallest absolute Gasteiger partial charge is 0.131 e. The highest BCUT2D eigenvalue weighted by molar-refractivity contribution is 7.09. The number of hydrogen-bond acceptors (Lipinski definition) is 4. The first-order valence-corrected chi connectivity index (χ1v) is 7.15. The van der Waals surface area contributed by atoms with Crippen LogP contribution in [0.5, 0.6) is 5.75 Å². The topological polar surface area (TPSA) is 48.1 Å². The zero-order valence-corrected chi connectivity index (χ0v) is 11.7. The van der Waals surface area contributed by atoms with Gasteiger partial charge in [-0.3, -0.25) is 0 Å². The maximum Gasteiger partial charge on any atom is 0.131 e. The zero-order valence-electron chi connectivity index (χ0n) is 10.9. The lowest BCUT2D eigenvalue weighted by atomic mass is 10.2. The van der Waals surface area contributed by atoms with Crippen LogP contribution in [0.1, 0.15) is 29.6 Å². The van der Waals surface area contributed by atoms with Crippen LogP contribution in [0.4, 0.5) is 4.39 Å². The Morgan fingerprint density at radius 1 is 1.42 bits per heavy atom. The first-order valence-electron chi connectivity index (χ1n) is 6.27. The molecule has 5 heteroatoms. The van der Waals surface area contributed by atoms with E-state index in [1.807, 2.05) is 5.38 Å². The van der Waals surface area contributed by atoms with Gasteiger partial charge >= 0.3 is 0 Å². The van der Waals surface area contributed by atoms with Crippen LogP contribution in [0.2, 0.25) is 0 Å². The molecule has 0 aliphatic heterocycles. The molecule has 2 N–H and O–H groups in total. The molecular weight excluding hydrogens is 263 g/mol. The molecule has 0 aliphatic rings. The second-order valence-corrected chi connectivity index (χ2v) is 5.17. The zero-order chi connectivity index (χ0) is 13.7. The van der Waals surface area contributed by atoms with Gasteiger partial charge in [0.15, 0.2) is 0 Å². The predicted octanol–water partition coefficient (Wildman–Crippen LogP) is 3.27. The van der Waals surface area contributed by atoms with Gasteiger partial charge in [0.1, 0.15) is 18.2 Å². The van der Waals surface area contributed by atoms with E-state index >= 15 is 0 Å². The molecule has 0 bridgehead atoms. The van der Waals surface area contributed by atoms with E-state index < -0.39 is 0 Å².